The van der Waals surface area contributed by atoms with Crippen LogP contribution in [0.25, 0.3) is 0 Å². The molecule has 0 saturated carbocycles. The number of rotatable bonds is 6. The van der Waals surface area contributed by atoms with E-state index >= 15 is 0 Å². The molecule has 1 aromatic carbocycles. The molecule has 0 aliphatic carbocycles. The number of hydrogen-bond donors (Lipinski definition) is 1. The van der Waals surface area contributed by atoms with E-state index in [1.54, 1.807) is 11.8 Å². The summed E-state index contributed by atoms with van der Waals surface area (Å²) in [7, 11) is -1.67. The van der Waals surface area contributed by atoms with E-state index in [-0.39, 0.29) is 26.1 Å². The number of nitrogens with one attached hydrogen (secondary N) is 1. The monoisotopic (exact) mass is 433 g/mol. The van der Waals surface area contributed by atoms with Crippen LogP contribution in [-0.4, -0.2) is 73.8 Å². The molecule has 0 unspecified atom stereocenters. The standard InChI is InChI=1S/C18H28ClN3O3S2/c1-18(2,3)26-12-7-20-17(23)15-13-14(5-6-16(15)19)27(24,25)22-10-8-21(4)9-11-22/h5-6,13H,7-12H2,1-4H3,(H,20,23). The number of halogens is 1. The first-order chi connectivity index (χ1) is 12.5. The van der Waals surface area contributed by atoms with Gasteiger partial charge in [-0.15, -0.1) is 0 Å². The van der Waals surface area contributed by atoms with Crippen LogP contribution in [-0.2, 0) is 10.0 Å². The van der Waals surface area contributed by atoms with Crippen LogP contribution in [0.4, 0.5) is 0 Å². The van der Waals surface area contributed by atoms with Gasteiger partial charge in [-0.3, -0.25) is 4.79 Å². The van der Waals surface area contributed by atoms with Crippen LogP contribution < -0.4 is 5.32 Å². The lowest BCUT2D eigenvalue weighted by Crippen LogP contribution is -2.47. The van der Waals surface area contributed by atoms with Crippen LogP contribution in [0.15, 0.2) is 23.1 Å². The number of sulfonamides is 1. The highest BCUT2D eigenvalue weighted by molar-refractivity contribution is 8.00. The Morgan fingerprint density at radius 2 is 1.85 bits per heavy atom. The Morgan fingerprint density at radius 3 is 2.44 bits per heavy atom. The van der Waals surface area contributed by atoms with Gasteiger partial charge in [-0.2, -0.15) is 16.1 Å². The quantitative estimate of drug-likeness (QED) is 0.698. The van der Waals surface area contributed by atoms with Crippen molar-refractivity contribution in [1.29, 1.82) is 0 Å². The number of thioether (sulfide) groups is 1. The number of amides is 1. The van der Waals surface area contributed by atoms with E-state index in [9.17, 15) is 13.2 Å². The van der Waals surface area contributed by atoms with Crippen molar-refractivity contribution in [1.82, 2.24) is 14.5 Å². The average molecular weight is 434 g/mol. The third-order valence-corrected chi connectivity index (χ3v) is 7.70. The highest BCUT2D eigenvalue weighted by Crippen LogP contribution is 2.24. The van der Waals surface area contributed by atoms with Gasteiger partial charge in [0.25, 0.3) is 5.91 Å². The Balaban J connectivity index is 2.09. The summed E-state index contributed by atoms with van der Waals surface area (Å²) in [4.78, 5) is 14.7. The Bertz CT molecular complexity index is 771. The number of piperazine rings is 1. The largest absolute Gasteiger partial charge is 0.351 e. The molecule has 1 saturated heterocycles. The number of carbonyl (C=O) groups excluding carboxylic acids is 1. The summed E-state index contributed by atoms with van der Waals surface area (Å²) in [5.41, 5.74) is 0.188. The molecule has 0 atom stereocenters. The zero-order valence-electron chi connectivity index (χ0n) is 16.3. The molecule has 1 aliphatic rings. The number of nitrogens with zero attached hydrogens (tertiary/aromatic N) is 2. The summed E-state index contributed by atoms with van der Waals surface area (Å²) in [5.74, 6) is 0.413. The Kier molecular flexibility index (Phi) is 7.61. The van der Waals surface area contributed by atoms with Gasteiger partial charge in [0.15, 0.2) is 0 Å². The van der Waals surface area contributed by atoms with Crippen molar-refractivity contribution in [2.45, 2.75) is 30.4 Å². The van der Waals surface area contributed by atoms with Crippen LogP contribution in [0.1, 0.15) is 31.1 Å². The lowest BCUT2D eigenvalue weighted by molar-refractivity contribution is 0.0956. The SMILES string of the molecule is CN1CCN(S(=O)(=O)c2ccc(Cl)c(C(=O)NCCSC(C)(C)C)c2)CC1. The maximum Gasteiger partial charge on any atom is 0.252 e. The first kappa shape index (κ1) is 22.5. The zero-order chi connectivity index (χ0) is 20.2. The lowest BCUT2D eigenvalue weighted by Gasteiger charge is -2.31. The van der Waals surface area contributed by atoms with E-state index in [1.165, 1.54) is 22.5 Å². The molecule has 9 heteroatoms. The van der Waals surface area contributed by atoms with E-state index in [4.69, 9.17) is 11.6 Å². The summed E-state index contributed by atoms with van der Waals surface area (Å²) in [6.07, 6.45) is 0. The molecule has 6 nitrogen and oxygen atoms in total. The number of benzene rings is 1. The van der Waals surface area contributed by atoms with Crippen molar-refractivity contribution in [2.75, 3.05) is 45.5 Å². The molecule has 0 bridgehead atoms. The average Bonchev–Trinajstić information content (AvgIpc) is 2.58. The second-order valence-corrected chi connectivity index (χ2v) is 11.8. The predicted molar refractivity (Wildman–Crippen MR) is 112 cm³/mol. The van der Waals surface area contributed by atoms with E-state index in [0.717, 1.165) is 5.75 Å². The van der Waals surface area contributed by atoms with E-state index in [1.807, 2.05) is 7.05 Å². The van der Waals surface area contributed by atoms with Crippen LogP contribution in [0.5, 0.6) is 0 Å². The van der Waals surface area contributed by atoms with Crippen molar-refractivity contribution in [3.63, 3.8) is 0 Å². The molecule has 1 aromatic rings. The van der Waals surface area contributed by atoms with Gasteiger partial charge in [-0.05, 0) is 25.2 Å². The second-order valence-electron chi connectivity index (χ2n) is 7.57. The molecule has 1 amide bonds. The van der Waals surface area contributed by atoms with E-state index < -0.39 is 10.0 Å². The maximum atomic E-state index is 12.9. The van der Waals surface area contributed by atoms with Gasteiger partial charge in [-0.25, -0.2) is 8.42 Å². The van der Waals surface area contributed by atoms with Crippen LogP contribution >= 0.6 is 23.4 Å². The smallest absolute Gasteiger partial charge is 0.252 e. The normalized spacial score (nSPS) is 17.1. The predicted octanol–water partition coefficient (Wildman–Crippen LogP) is 2.54. The molecule has 0 spiro atoms. The highest BCUT2D eigenvalue weighted by Gasteiger charge is 2.28. The lowest BCUT2D eigenvalue weighted by atomic mass is 10.2. The minimum atomic E-state index is -3.64. The van der Waals surface area contributed by atoms with Gasteiger partial charge in [0, 0.05) is 43.2 Å². The molecule has 0 radical (unpaired) electrons. The highest BCUT2D eigenvalue weighted by atomic mass is 35.5. The maximum absolute atomic E-state index is 12.9. The van der Waals surface area contributed by atoms with Crippen molar-refractivity contribution in [3.05, 3.63) is 28.8 Å². The van der Waals surface area contributed by atoms with E-state index in [0.29, 0.717) is 32.7 Å². The van der Waals surface area contributed by atoms with E-state index in [2.05, 4.69) is 31.0 Å². The van der Waals surface area contributed by atoms with Crippen molar-refractivity contribution >= 4 is 39.3 Å². The van der Waals surface area contributed by atoms with Crippen molar-refractivity contribution in [3.8, 4) is 0 Å². The minimum Gasteiger partial charge on any atom is -0.351 e. The molecule has 1 fully saturated rings. The Labute approximate surface area is 171 Å². The third-order valence-electron chi connectivity index (χ3n) is 4.21. The topological polar surface area (TPSA) is 69.7 Å². The van der Waals surface area contributed by atoms with Gasteiger partial charge >= 0.3 is 0 Å². The summed E-state index contributed by atoms with van der Waals surface area (Å²) in [5, 5.41) is 3.06. The van der Waals surface area contributed by atoms with Gasteiger partial charge < -0.3 is 10.2 Å². The van der Waals surface area contributed by atoms with Gasteiger partial charge in [-0.1, -0.05) is 32.4 Å². The van der Waals surface area contributed by atoms with Crippen molar-refractivity contribution < 1.29 is 13.2 Å². The van der Waals surface area contributed by atoms with Crippen molar-refractivity contribution in [2.24, 2.45) is 0 Å². The number of hydrogen-bond acceptors (Lipinski definition) is 5. The summed E-state index contributed by atoms with van der Waals surface area (Å²) in [6, 6.07) is 4.31. The molecular weight excluding hydrogens is 406 g/mol. The van der Waals surface area contributed by atoms with Gasteiger partial charge in [0.2, 0.25) is 10.0 Å². The Morgan fingerprint density at radius 1 is 1.22 bits per heavy atom. The summed E-state index contributed by atoms with van der Waals surface area (Å²) >= 11 is 7.90. The summed E-state index contributed by atoms with van der Waals surface area (Å²) in [6.45, 7) is 9.08. The molecule has 1 N–H and O–H groups in total. The molecular formula is C18H28ClN3O3S2. The Hall–Kier alpha value is -0.800. The first-order valence-electron chi connectivity index (χ1n) is 8.91. The van der Waals surface area contributed by atoms with Gasteiger partial charge in [0.1, 0.15) is 0 Å². The summed E-state index contributed by atoms with van der Waals surface area (Å²) < 4.78 is 27.3. The van der Waals surface area contributed by atoms with Crippen LogP contribution in [0.3, 0.4) is 0 Å². The fourth-order valence-electron chi connectivity index (χ4n) is 2.63. The number of likely N-dealkylation sites (N-methyl/N-ethyl adjacent to an activating group) is 1. The zero-order valence-corrected chi connectivity index (χ0v) is 18.7. The molecule has 152 valence electrons. The van der Waals surface area contributed by atoms with Gasteiger partial charge in [0.05, 0.1) is 15.5 Å². The molecule has 1 heterocycles. The molecule has 1 aliphatic heterocycles. The molecule has 2 rings (SSSR count). The van der Waals surface area contributed by atoms with Crippen LogP contribution in [0.2, 0.25) is 5.02 Å². The van der Waals surface area contributed by atoms with Crippen LogP contribution in [0, 0.1) is 0 Å². The second kappa shape index (κ2) is 9.13. The molecule has 0 aromatic heterocycles. The minimum absolute atomic E-state index is 0.102. The first-order valence-corrected chi connectivity index (χ1v) is 11.7. The fourth-order valence-corrected chi connectivity index (χ4v) is 5.10. The third kappa shape index (κ3) is 6.35. The fraction of sp³-hybridized carbons (Fsp3) is 0.611. The molecule has 27 heavy (non-hydrogen) atoms. The number of carbonyl (C=O) groups is 1.